The Morgan fingerprint density at radius 2 is 1.70 bits per heavy atom. The van der Waals surface area contributed by atoms with Gasteiger partial charge in [-0.3, -0.25) is 9.59 Å². The van der Waals surface area contributed by atoms with Crippen LogP contribution < -0.4 is 10.2 Å². The van der Waals surface area contributed by atoms with E-state index in [1.165, 1.54) is 54.3 Å². The third-order valence-electron chi connectivity index (χ3n) is 5.66. The van der Waals surface area contributed by atoms with E-state index in [2.05, 4.69) is 28.4 Å². The third kappa shape index (κ3) is 5.57. The highest BCUT2D eigenvalue weighted by Gasteiger charge is 2.14. The van der Waals surface area contributed by atoms with Crippen LogP contribution in [0.3, 0.4) is 0 Å². The number of piperidine rings is 1. The largest absolute Gasteiger partial charge is 0.455 e. The number of fused-ring (bicyclic) bond motifs is 1. The van der Waals surface area contributed by atoms with Crippen molar-refractivity contribution in [2.75, 3.05) is 35.7 Å². The maximum atomic E-state index is 12.1. The zero-order valence-corrected chi connectivity index (χ0v) is 18.0. The van der Waals surface area contributed by atoms with Gasteiger partial charge in [-0.1, -0.05) is 6.07 Å². The molecule has 2 aromatic carbocycles. The van der Waals surface area contributed by atoms with Gasteiger partial charge < -0.3 is 15.0 Å². The van der Waals surface area contributed by atoms with Crippen molar-refractivity contribution in [2.24, 2.45) is 0 Å². The Hall–Kier alpha value is -2.47. The first-order valence-electron chi connectivity index (χ1n) is 10.7. The fourth-order valence-corrected chi connectivity index (χ4v) is 4.83. The number of anilines is 2. The Morgan fingerprint density at radius 3 is 2.50 bits per heavy atom. The average molecular weight is 425 g/mol. The lowest BCUT2D eigenvalue weighted by Gasteiger charge is -2.28. The van der Waals surface area contributed by atoms with Crippen LogP contribution in [0.2, 0.25) is 0 Å². The van der Waals surface area contributed by atoms with E-state index in [0.717, 1.165) is 30.8 Å². The van der Waals surface area contributed by atoms with Gasteiger partial charge in [-0.25, -0.2) is 0 Å². The SMILES string of the molecule is O=C(COC(=O)CSc1ccc2c(c1)CCC2)Nc1ccc(N2CCCCC2)cc1. The van der Waals surface area contributed by atoms with Crippen molar-refractivity contribution in [3.05, 3.63) is 53.6 Å². The number of nitrogens with zero attached hydrogens (tertiary/aromatic N) is 1. The van der Waals surface area contributed by atoms with E-state index in [1.54, 1.807) is 0 Å². The molecule has 1 fully saturated rings. The Morgan fingerprint density at radius 1 is 0.933 bits per heavy atom. The Kier molecular flexibility index (Phi) is 6.95. The maximum absolute atomic E-state index is 12.1. The normalized spacial score (nSPS) is 15.5. The van der Waals surface area contributed by atoms with E-state index < -0.39 is 0 Å². The molecule has 2 aromatic rings. The van der Waals surface area contributed by atoms with Crippen molar-refractivity contribution < 1.29 is 14.3 Å². The Labute approximate surface area is 182 Å². The molecule has 0 unspecified atom stereocenters. The number of hydrogen-bond acceptors (Lipinski definition) is 5. The summed E-state index contributed by atoms with van der Waals surface area (Å²) in [6.07, 6.45) is 7.24. The molecule has 0 aromatic heterocycles. The fourth-order valence-electron chi connectivity index (χ4n) is 4.07. The lowest BCUT2D eigenvalue weighted by molar-refractivity contribution is -0.144. The number of aryl methyl sites for hydroxylation is 2. The molecule has 1 amide bonds. The molecule has 4 rings (SSSR count). The summed E-state index contributed by atoms with van der Waals surface area (Å²) in [5.74, 6) is -0.496. The average Bonchev–Trinajstić information content (AvgIpc) is 3.25. The first-order valence-corrected chi connectivity index (χ1v) is 11.7. The number of esters is 1. The predicted octanol–water partition coefficient (Wildman–Crippen LogP) is 4.44. The first kappa shape index (κ1) is 20.8. The summed E-state index contributed by atoms with van der Waals surface area (Å²) in [5.41, 5.74) is 4.70. The summed E-state index contributed by atoms with van der Waals surface area (Å²) in [4.78, 5) is 27.5. The summed E-state index contributed by atoms with van der Waals surface area (Å²) < 4.78 is 5.13. The van der Waals surface area contributed by atoms with E-state index in [1.807, 2.05) is 24.3 Å². The number of ether oxygens (including phenoxy) is 1. The molecule has 1 aliphatic carbocycles. The monoisotopic (exact) mass is 424 g/mol. The van der Waals surface area contributed by atoms with E-state index in [0.29, 0.717) is 5.69 Å². The van der Waals surface area contributed by atoms with Gasteiger partial charge in [0.15, 0.2) is 6.61 Å². The molecule has 6 heteroatoms. The maximum Gasteiger partial charge on any atom is 0.316 e. The lowest BCUT2D eigenvalue weighted by Crippen LogP contribution is -2.29. The smallest absolute Gasteiger partial charge is 0.316 e. The summed E-state index contributed by atoms with van der Waals surface area (Å²) in [5, 5.41) is 2.79. The summed E-state index contributed by atoms with van der Waals surface area (Å²) >= 11 is 1.45. The number of carbonyl (C=O) groups excluding carboxylic acids is 2. The van der Waals surface area contributed by atoms with E-state index >= 15 is 0 Å². The molecule has 0 radical (unpaired) electrons. The number of thioether (sulfide) groups is 1. The number of rotatable bonds is 7. The Bertz CT molecular complexity index is 892. The number of carbonyl (C=O) groups is 2. The van der Waals surface area contributed by atoms with Crippen LogP contribution in [0.1, 0.15) is 36.8 Å². The van der Waals surface area contributed by atoms with Gasteiger partial charge in [0.25, 0.3) is 5.91 Å². The van der Waals surface area contributed by atoms with Crippen molar-refractivity contribution in [3.63, 3.8) is 0 Å². The molecule has 0 bridgehead atoms. The van der Waals surface area contributed by atoms with Gasteiger partial charge in [0, 0.05) is 29.4 Å². The van der Waals surface area contributed by atoms with Crippen molar-refractivity contribution >= 4 is 35.0 Å². The number of nitrogens with one attached hydrogen (secondary N) is 1. The van der Waals surface area contributed by atoms with E-state index in [4.69, 9.17) is 4.74 Å². The van der Waals surface area contributed by atoms with Crippen LogP contribution in [-0.2, 0) is 27.2 Å². The molecule has 0 spiro atoms. The molecule has 1 saturated heterocycles. The van der Waals surface area contributed by atoms with Crippen LogP contribution in [0.4, 0.5) is 11.4 Å². The van der Waals surface area contributed by atoms with E-state index in [-0.39, 0.29) is 24.2 Å². The second kappa shape index (κ2) is 10.0. The number of benzene rings is 2. The second-order valence-electron chi connectivity index (χ2n) is 7.88. The van der Waals surface area contributed by atoms with Gasteiger partial charge in [-0.15, -0.1) is 11.8 Å². The molecule has 0 saturated carbocycles. The zero-order valence-electron chi connectivity index (χ0n) is 17.2. The molecule has 0 atom stereocenters. The van der Waals surface area contributed by atoms with Crippen LogP contribution in [0.5, 0.6) is 0 Å². The van der Waals surface area contributed by atoms with Gasteiger partial charge in [0.2, 0.25) is 0 Å². The molecular formula is C24H28N2O3S. The third-order valence-corrected chi connectivity index (χ3v) is 6.63. The molecule has 1 N–H and O–H groups in total. The van der Waals surface area contributed by atoms with Crippen LogP contribution >= 0.6 is 11.8 Å². The second-order valence-corrected chi connectivity index (χ2v) is 8.92. The molecule has 1 aliphatic heterocycles. The van der Waals surface area contributed by atoms with Gasteiger partial charge in [-0.05, 0) is 86.1 Å². The van der Waals surface area contributed by atoms with Crippen LogP contribution in [0.25, 0.3) is 0 Å². The standard InChI is InChI=1S/C24H28N2O3S/c27-23(25-20-8-10-21(11-9-20)26-13-2-1-3-14-26)16-29-24(28)17-30-22-12-7-18-5-4-6-19(18)15-22/h7-12,15H,1-6,13-14,16-17H2,(H,25,27). The highest BCUT2D eigenvalue weighted by Crippen LogP contribution is 2.27. The minimum atomic E-state index is -0.379. The van der Waals surface area contributed by atoms with Crippen LogP contribution in [0, 0.1) is 0 Å². The molecule has 1 heterocycles. The number of hydrogen-bond donors (Lipinski definition) is 1. The summed E-state index contributed by atoms with van der Waals surface area (Å²) in [7, 11) is 0. The highest BCUT2D eigenvalue weighted by atomic mass is 32.2. The fraction of sp³-hybridized carbons (Fsp3) is 0.417. The molecule has 5 nitrogen and oxygen atoms in total. The summed E-state index contributed by atoms with van der Waals surface area (Å²) in [6, 6.07) is 14.2. The quantitative estimate of drug-likeness (QED) is 0.526. The molecule has 2 aliphatic rings. The minimum absolute atomic E-state index is 0.205. The zero-order chi connectivity index (χ0) is 20.8. The summed E-state index contributed by atoms with van der Waals surface area (Å²) in [6.45, 7) is 1.91. The van der Waals surface area contributed by atoms with E-state index in [9.17, 15) is 9.59 Å². The lowest BCUT2D eigenvalue weighted by atomic mass is 10.1. The molecular weight excluding hydrogens is 396 g/mol. The van der Waals surface area contributed by atoms with Gasteiger partial charge in [0.1, 0.15) is 0 Å². The minimum Gasteiger partial charge on any atom is -0.455 e. The predicted molar refractivity (Wildman–Crippen MR) is 121 cm³/mol. The van der Waals surface area contributed by atoms with Crippen molar-refractivity contribution in [1.29, 1.82) is 0 Å². The van der Waals surface area contributed by atoms with Gasteiger partial charge in [0.05, 0.1) is 5.75 Å². The van der Waals surface area contributed by atoms with Crippen LogP contribution in [0.15, 0.2) is 47.4 Å². The first-order chi connectivity index (χ1) is 14.7. The van der Waals surface area contributed by atoms with Crippen molar-refractivity contribution in [1.82, 2.24) is 0 Å². The molecule has 30 heavy (non-hydrogen) atoms. The number of amides is 1. The van der Waals surface area contributed by atoms with Crippen molar-refractivity contribution in [2.45, 2.75) is 43.4 Å². The van der Waals surface area contributed by atoms with Crippen molar-refractivity contribution in [3.8, 4) is 0 Å². The Balaban J connectivity index is 1.18. The van der Waals surface area contributed by atoms with Gasteiger partial charge in [-0.2, -0.15) is 0 Å². The highest BCUT2D eigenvalue weighted by molar-refractivity contribution is 8.00. The van der Waals surface area contributed by atoms with Gasteiger partial charge >= 0.3 is 5.97 Å². The topological polar surface area (TPSA) is 58.6 Å². The molecule has 158 valence electrons. The van der Waals surface area contributed by atoms with Crippen LogP contribution in [-0.4, -0.2) is 37.3 Å².